The fourth-order valence-electron chi connectivity index (χ4n) is 3.83. The molecule has 1 saturated heterocycles. The van der Waals surface area contributed by atoms with Crippen LogP contribution in [0.5, 0.6) is 0 Å². The third-order valence-corrected chi connectivity index (χ3v) is 7.18. The van der Waals surface area contributed by atoms with Gasteiger partial charge in [-0.2, -0.15) is 26.3 Å². The lowest BCUT2D eigenvalue weighted by atomic mass is 9.97. The maximum atomic E-state index is 13.3. The Morgan fingerprint density at radius 3 is 2.08 bits per heavy atom. The van der Waals surface area contributed by atoms with E-state index in [9.17, 15) is 35.9 Å². The minimum Gasteiger partial charge on any atom is -0.478 e. The monoisotopic (exact) mass is 581 g/mol. The minimum absolute atomic E-state index is 0.0687. The molecule has 0 saturated carbocycles. The zero-order chi connectivity index (χ0) is 28.5. The fourth-order valence-corrected chi connectivity index (χ4v) is 5.14. The third-order valence-electron chi connectivity index (χ3n) is 5.80. The van der Waals surface area contributed by atoms with Crippen molar-refractivity contribution in [1.82, 2.24) is 4.90 Å². The quantitative estimate of drug-likeness (QED) is 0.185. The van der Waals surface area contributed by atoms with Crippen LogP contribution in [0.2, 0.25) is 0 Å². The molecule has 4 rings (SSSR count). The van der Waals surface area contributed by atoms with Crippen LogP contribution in [-0.4, -0.2) is 32.7 Å². The molecule has 0 radical (unpaired) electrons. The molecule has 3 aromatic carbocycles. The van der Waals surface area contributed by atoms with Crippen LogP contribution in [0.15, 0.2) is 71.6 Å². The molecule has 1 amide bonds. The van der Waals surface area contributed by atoms with Gasteiger partial charge in [0.2, 0.25) is 0 Å². The summed E-state index contributed by atoms with van der Waals surface area (Å²) in [7, 11) is 0. The summed E-state index contributed by atoms with van der Waals surface area (Å²) < 4.78 is 80.0. The van der Waals surface area contributed by atoms with E-state index in [0.29, 0.717) is 24.1 Å². The molecule has 12 heteroatoms. The van der Waals surface area contributed by atoms with Gasteiger partial charge in [-0.25, -0.2) is 4.79 Å². The van der Waals surface area contributed by atoms with Gasteiger partial charge in [0.05, 0.1) is 21.6 Å². The molecule has 0 aromatic heterocycles. The first-order valence-electron chi connectivity index (χ1n) is 11.2. The summed E-state index contributed by atoms with van der Waals surface area (Å²) in [6.07, 6.45) is -8.06. The van der Waals surface area contributed by atoms with Gasteiger partial charge in [0.25, 0.3) is 5.91 Å². The second kappa shape index (κ2) is 10.9. The molecule has 3 aromatic rings. The van der Waals surface area contributed by atoms with E-state index in [-0.39, 0.29) is 38.5 Å². The Morgan fingerprint density at radius 1 is 0.897 bits per heavy atom. The molecule has 202 valence electrons. The molecule has 4 nitrogen and oxygen atoms in total. The van der Waals surface area contributed by atoms with E-state index in [1.165, 1.54) is 41.3 Å². The Bertz CT molecular complexity index is 1450. The zero-order valence-corrected chi connectivity index (χ0v) is 21.3. The lowest BCUT2D eigenvalue weighted by Gasteiger charge is -2.15. The van der Waals surface area contributed by atoms with E-state index >= 15 is 0 Å². The first-order valence-corrected chi connectivity index (χ1v) is 12.4. The largest absolute Gasteiger partial charge is 0.478 e. The average molecular weight is 582 g/mol. The number of thioether (sulfide) groups is 1. The molecule has 1 aliphatic heterocycles. The number of carboxylic acids is 1. The highest BCUT2D eigenvalue weighted by Crippen LogP contribution is 2.39. The van der Waals surface area contributed by atoms with Gasteiger partial charge < -0.3 is 5.11 Å². The SMILES string of the molecule is O=C(O)c1ccc(CCN2C(=O)C(=Cc3cccc(-c4cc(C(F)(F)F)cc(C(F)(F)F)c4)c3)SC2=S)cc1. The van der Waals surface area contributed by atoms with E-state index in [0.717, 1.165) is 17.3 Å². The molecule has 1 fully saturated rings. The molecule has 1 N–H and O–H groups in total. The van der Waals surface area contributed by atoms with Crippen LogP contribution in [0.1, 0.15) is 32.6 Å². The second-order valence-electron chi connectivity index (χ2n) is 8.51. The Balaban J connectivity index is 1.56. The lowest BCUT2D eigenvalue weighted by Crippen LogP contribution is -2.30. The fraction of sp³-hybridized carbons (Fsp3) is 0.148. The van der Waals surface area contributed by atoms with Crippen LogP contribution >= 0.6 is 24.0 Å². The Labute approximate surface area is 227 Å². The lowest BCUT2D eigenvalue weighted by molar-refractivity contribution is -0.143. The highest BCUT2D eigenvalue weighted by molar-refractivity contribution is 8.26. The number of halogens is 6. The van der Waals surface area contributed by atoms with Crippen molar-refractivity contribution >= 4 is 46.3 Å². The van der Waals surface area contributed by atoms with Crippen molar-refractivity contribution in [2.45, 2.75) is 18.8 Å². The molecule has 0 unspecified atom stereocenters. The summed E-state index contributed by atoms with van der Waals surface area (Å²) in [6.45, 7) is 0.235. The number of nitrogens with zero attached hydrogens (tertiary/aromatic N) is 1. The Kier molecular flexibility index (Phi) is 7.89. The predicted molar refractivity (Wildman–Crippen MR) is 139 cm³/mol. The number of carbonyl (C=O) groups excluding carboxylic acids is 1. The normalized spacial score (nSPS) is 15.3. The maximum absolute atomic E-state index is 13.3. The second-order valence-corrected chi connectivity index (χ2v) is 10.2. The Morgan fingerprint density at radius 2 is 1.51 bits per heavy atom. The third kappa shape index (κ3) is 6.69. The van der Waals surface area contributed by atoms with Gasteiger partial charge in [-0.1, -0.05) is 54.3 Å². The van der Waals surface area contributed by atoms with Crippen molar-refractivity contribution in [2.24, 2.45) is 0 Å². The predicted octanol–water partition coefficient (Wildman–Crippen LogP) is 7.53. The first-order chi connectivity index (χ1) is 18.2. The molecule has 0 spiro atoms. The molecule has 0 bridgehead atoms. The topological polar surface area (TPSA) is 57.6 Å². The Hall–Kier alpha value is -3.64. The van der Waals surface area contributed by atoms with Gasteiger partial charge in [0.15, 0.2) is 0 Å². The van der Waals surface area contributed by atoms with Crippen molar-refractivity contribution in [3.8, 4) is 11.1 Å². The molecule has 1 heterocycles. The number of hydrogen-bond acceptors (Lipinski definition) is 4. The van der Waals surface area contributed by atoms with Crippen LogP contribution in [0.25, 0.3) is 17.2 Å². The van der Waals surface area contributed by atoms with E-state index in [2.05, 4.69) is 0 Å². The highest BCUT2D eigenvalue weighted by Gasteiger charge is 2.37. The molecular formula is C27H17F6NO3S2. The number of aromatic carboxylic acids is 1. The van der Waals surface area contributed by atoms with Gasteiger partial charge in [0.1, 0.15) is 4.32 Å². The highest BCUT2D eigenvalue weighted by atomic mass is 32.2. The van der Waals surface area contributed by atoms with E-state index in [1.54, 1.807) is 18.2 Å². The van der Waals surface area contributed by atoms with Crippen molar-refractivity contribution in [1.29, 1.82) is 0 Å². The number of thiocarbonyl (C=S) groups is 1. The smallest absolute Gasteiger partial charge is 0.416 e. The molecule has 1 aliphatic rings. The standard InChI is InChI=1S/C27H17F6NO3S2/c28-26(29,30)20-12-19(13-21(14-20)27(31,32)33)18-3-1-2-16(10-18)11-22-23(35)34(25(38)39-22)9-8-15-4-6-17(7-5-15)24(36)37/h1-7,10-14H,8-9H2,(H,36,37). The molecular weight excluding hydrogens is 564 g/mol. The summed E-state index contributed by atoms with van der Waals surface area (Å²) in [5, 5.41) is 9.00. The van der Waals surface area contributed by atoms with E-state index in [1.807, 2.05) is 0 Å². The van der Waals surface area contributed by atoms with Crippen LogP contribution in [0.3, 0.4) is 0 Å². The van der Waals surface area contributed by atoms with Crippen LogP contribution < -0.4 is 0 Å². The summed E-state index contributed by atoms with van der Waals surface area (Å²) >= 11 is 6.34. The summed E-state index contributed by atoms with van der Waals surface area (Å²) in [4.78, 5) is 25.6. The zero-order valence-electron chi connectivity index (χ0n) is 19.6. The van der Waals surface area contributed by atoms with Crippen molar-refractivity contribution in [3.05, 3.63) is 99.5 Å². The van der Waals surface area contributed by atoms with Gasteiger partial charge in [-0.3, -0.25) is 9.69 Å². The molecule has 0 atom stereocenters. The van der Waals surface area contributed by atoms with Crippen molar-refractivity contribution < 1.29 is 41.0 Å². The number of benzene rings is 3. The summed E-state index contributed by atoms with van der Waals surface area (Å²) in [5.41, 5.74) is -1.68. The summed E-state index contributed by atoms with van der Waals surface area (Å²) in [5.74, 6) is -1.45. The molecule has 39 heavy (non-hydrogen) atoms. The van der Waals surface area contributed by atoms with Gasteiger partial charge >= 0.3 is 18.3 Å². The number of alkyl halides is 6. The van der Waals surface area contributed by atoms with Crippen molar-refractivity contribution in [3.63, 3.8) is 0 Å². The van der Waals surface area contributed by atoms with E-state index < -0.39 is 35.4 Å². The average Bonchev–Trinajstić information content (AvgIpc) is 3.13. The number of carbonyl (C=O) groups is 2. The number of carboxylic acid groups (broad SMARTS) is 1. The first kappa shape index (κ1) is 28.4. The van der Waals surface area contributed by atoms with Crippen molar-refractivity contribution in [2.75, 3.05) is 6.54 Å². The van der Waals surface area contributed by atoms with Crippen LogP contribution in [0.4, 0.5) is 26.3 Å². The van der Waals surface area contributed by atoms with Gasteiger partial charge in [-0.05, 0) is 71.1 Å². The van der Waals surface area contributed by atoms with Crippen LogP contribution in [0, 0.1) is 0 Å². The number of rotatable bonds is 6. The number of amides is 1. The van der Waals surface area contributed by atoms with E-state index in [4.69, 9.17) is 17.3 Å². The van der Waals surface area contributed by atoms with Gasteiger partial charge in [0, 0.05) is 6.54 Å². The van der Waals surface area contributed by atoms with Gasteiger partial charge in [-0.15, -0.1) is 0 Å². The number of hydrogen-bond donors (Lipinski definition) is 1. The summed E-state index contributed by atoms with van der Waals surface area (Å²) in [6, 6.07) is 13.4. The molecule has 0 aliphatic carbocycles. The van der Waals surface area contributed by atoms with Crippen LogP contribution in [-0.2, 0) is 23.6 Å². The maximum Gasteiger partial charge on any atom is 0.416 e. The minimum atomic E-state index is -4.97.